The minimum absolute atomic E-state index is 0.0810. The number of urea groups is 1. The van der Waals surface area contributed by atoms with Gasteiger partial charge in [-0.05, 0) is 44.4 Å². The molecule has 1 aromatic heterocycles. The topological polar surface area (TPSA) is 91.7 Å². The molecule has 0 bridgehead atoms. The molecule has 0 radical (unpaired) electrons. The number of aromatic hydroxyl groups is 1. The first-order valence-electron chi connectivity index (χ1n) is 9.40. The van der Waals surface area contributed by atoms with E-state index in [0.29, 0.717) is 34.3 Å². The fraction of sp³-hybridized carbons (Fsp3) is 0.238. The average molecular weight is 448 g/mol. The van der Waals surface area contributed by atoms with E-state index < -0.39 is 11.8 Å². The molecule has 0 aliphatic rings. The van der Waals surface area contributed by atoms with Crippen molar-refractivity contribution >= 4 is 29.0 Å². The van der Waals surface area contributed by atoms with E-state index in [1.54, 1.807) is 29.9 Å². The second-order valence-electron chi connectivity index (χ2n) is 7.07. The lowest BCUT2D eigenvalue weighted by atomic mass is 10.1. The summed E-state index contributed by atoms with van der Waals surface area (Å²) in [6.45, 7) is 1.19. The number of aromatic nitrogens is 2. The number of carbonyl (C=O) groups is 1. The number of carbonyl (C=O) groups excluding carboxylic acids is 1. The van der Waals surface area contributed by atoms with Gasteiger partial charge in [0, 0.05) is 30.9 Å². The lowest BCUT2D eigenvalue weighted by molar-refractivity contribution is 0.261. The third-order valence-corrected chi connectivity index (χ3v) is 4.67. The van der Waals surface area contributed by atoms with Crippen LogP contribution in [0.4, 0.5) is 20.6 Å². The lowest BCUT2D eigenvalue weighted by Gasteiger charge is -2.16. The Kier molecular flexibility index (Phi) is 6.98. The zero-order valence-electron chi connectivity index (χ0n) is 17.3. The molecule has 0 spiro atoms. The van der Waals surface area contributed by atoms with Gasteiger partial charge in [-0.15, -0.1) is 0 Å². The number of phenols is 1. The Morgan fingerprint density at radius 1 is 1.26 bits per heavy atom. The summed E-state index contributed by atoms with van der Waals surface area (Å²) in [5.74, 6) is -0.386. The van der Waals surface area contributed by atoms with E-state index in [2.05, 4.69) is 15.7 Å². The van der Waals surface area contributed by atoms with E-state index in [4.69, 9.17) is 16.3 Å². The largest absolute Gasteiger partial charge is 0.506 e. The molecule has 0 fully saturated rings. The van der Waals surface area contributed by atoms with E-state index in [9.17, 15) is 14.3 Å². The minimum Gasteiger partial charge on any atom is -0.506 e. The van der Waals surface area contributed by atoms with E-state index in [0.717, 1.165) is 18.7 Å². The summed E-state index contributed by atoms with van der Waals surface area (Å²) >= 11 is 6.33. The molecule has 3 aromatic rings. The van der Waals surface area contributed by atoms with Gasteiger partial charge in [-0.1, -0.05) is 11.6 Å². The predicted molar refractivity (Wildman–Crippen MR) is 118 cm³/mol. The number of halogens is 2. The van der Waals surface area contributed by atoms with Crippen molar-refractivity contribution in [3.05, 3.63) is 53.4 Å². The number of likely N-dealkylation sites (N-methyl/N-ethyl adjacent to an activating group) is 1. The monoisotopic (exact) mass is 447 g/mol. The summed E-state index contributed by atoms with van der Waals surface area (Å²) in [6.07, 6.45) is 1.53. The summed E-state index contributed by atoms with van der Waals surface area (Å²) in [7, 11) is 5.66. The fourth-order valence-corrected chi connectivity index (χ4v) is 3.13. The van der Waals surface area contributed by atoms with Gasteiger partial charge in [-0.25, -0.2) is 9.18 Å². The second kappa shape index (κ2) is 9.67. The summed E-state index contributed by atoms with van der Waals surface area (Å²) in [5, 5.41) is 19.5. The molecule has 0 aliphatic carbocycles. The van der Waals surface area contributed by atoms with Gasteiger partial charge < -0.3 is 25.4 Å². The molecule has 0 saturated heterocycles. The highest BCUT2D eigenvalue weighted by Gasteiger charge is 2.17. The summed E-state index contributed by atoms with van der Waals surface area (Å²) < 4.78 is 20.7. The summed E-state index contributed by atoms with van der Waals surface area (Å²) in [6, 6.07) is 7.85. The first-order chi connectivity index (χ1) is 14.7. The van der Waals surface area contributed by atoms with Crippen molar-refractivity contribution in [1.82, 2.24) is 14.7 Å². The molecule has 1 heterocycles. The van der Waals surface area contributed by atoms with Crippen LogP contribution in [-0.4, -0.2) is 53.1 Å². The molecule has 3 N–H and O–H groups in total. The minimum atomic E-state index is -0.606. The molecule has 164 valence electrons. The Balaban J connectivity index is 1.84. The van der Waals surface area contributed by atoms with Crippen LogP contribution in [0.15, 0.2) is 42.6 Å². The van der Waals surface area contributed by atoms with E-state index in [1.165, 1.54) is 12.3 Å². The first-order valence-corrected chi connectivity index (χ1v) is 9.78. The van der Waals surface area contributed by atoms with Gasteiger partial charge in [0.1, 0.15) is 23.9 Å². The SMILES string of the molecule is CN(C)CCOc1ccc(NC(=O)Nc2ccc(F)cc2O)cc1-c1c(Cl)cnn1C. The van der Waals surface area contributed by atoms with Crippen LogP contribution in [0.1, 0.15) is 0 Å². The van der Waals surface area contributed by atoms with Gasteiger partial charge in [0.2, 0.25) is 0 Å². The van der Waals surface area contributed by atoms with Gasteiger partial charge in [-0.2, -0.15) is 5.10 Å². The highest BCUT2D eigenvalue weighted by molar-refractivity contribution is 6.33. The number of aryl methyl sites for hydroxylation is 1. The number of benzene rings is 2. The molecule has 2 aromatic carbocycles. The predicted octanol–water partition coefficient (Wildman–Crippen LogP) is 4.17. The normalized spacial score (nSPS) is 10.9. The van der Waals surface area contributed by atoms with Gasteiger partial charge in [0.05, 0.1) is 22.6 Å². The van der Waals surface area contributed by atoms with Crippen molar-refractivity contribution in [2.45, 2.75) is 0 Å². The molecule has 0 atom stereocenters. The molecule has 2 amide bonds. The highest BCUT2D eigenvalue weighted by Crippen LogP contribution is 2.36. The number of rotatable bonds is 7. The third-order valence-electron chi connectivity index (χ3n) is 4.39. The zero-order chi connectivity index (χ0) is 22.5. The highest BCUT2D eigenvalue weighted by atomic mass is 35.5. The molecular formula is C21H23ClFN5O3. The van der Waals surface area contributed by atoms with Crippen molar-refractivity contribution < 1.29 is 19.0 Å². The molecular weight excluding hydrogens is 425 g/mol. The maximum atomic E-state index is 13.1. The number of phenolic OH excluding ortho intramolecular Hbond substituents is 1. The number of ether oxygens (including phenoxy) is 1. The van der Waals surface area contributed by atoms with Crippen LogP contribution in [0.5, 0.6) is 11.5 Å². The Hall–Kier alpha value is -3.30. The fourth-order valence-electron chi connectivity index (χ4n) is 2.87. The lowest BCUT2D eigenvalue weighted by Crippen LogP contribution is -2.20. The quantitative estimate of drug-likeness (QED) is 0.473. The van der Waals surface area contributed by atoms with Crippen LogP contribution in [0.2, 0.25) is 5.02 Å². The second-order valence-corrected chi connectivity index (χ2v) is 7.48. The smallest absolute Gasteiger partial charge is 0.323 e. The van der Waals surface area contributed by atoms with Crippen LogP contribution in [0.3, 0.4) is 0 Å². The first kappa shape index (κ1) is 22.4. The number of nitrogens with one attached hydrogen (secondary N) is 2. The Bertz CT molecular complexity index is 1070. The van der Waals surface area contributed by atoms with Crippen molar-refractivity contribution in [3.63, 3.8) is 0 Å². The van der Waals surface area contributed by atoms with Crippen LogP contribution >= 0.6 is 11.6 Å². The summed E-state index contributed by atoms with van der Waals surface area (Å²) in [5.41, 5.74) is 1.84. The molecule has 31 heavy (non-hydrogen) atoms. The van der Waals surface area contributed by atoms with Crippen LogP contribution in [-0.2, 0) is 7.05 Å². The van der Waals surface area contributed by atoms with E-state index in [-0.39, 0.29) is 11.4 Å². The van der Waals surface area contributed by atoms with E-state index in [1.807, 2.05) is 19.0 Å². The van der Waals surface area contributed by atoms with Gasteiger partial charge in [0.15, 0.2) is 0 Å². The number of hydrogen-bond donors (Lipinski definition) is 3. The van der Waals surface area contributed by atoms with Crippen LogP contribution in [0.25, 0.3) is 11.3 Å². The molecule has 3 rings (SSSR count). The van der Waals surface area contributed by atoms with E-state index >= 15 is 0 Å². The van der Waals surface area contributed by atoms with Crippen molar-refractivity contribution in [2.24, 2.45) is 7.05 Å². The maximum Gasteiger partial charge on any atom is 0.323 e. The number of anilines is 2. The average Bonchev–Trinajstić information content (AvgIpc) is 3.03. The molecule has 10 heteroatoms. The van der Waals surface area contributed by atoms with Gasteiger partial charge in [-0.3, -0.25) is 4.68 Å². The van der Waals surface area contributed by atoms with Gasteiger partial charge >= 0.3 is 6.03 Å². The Morgan fingerprint density at radius 2 is 2.03 bits per heavy atom. The number of amides is 2. The van der Waals surface area contributed by atoms with Crippen molar-refractivity contribution in [1.29, 1.82) is 0 Å². The van der Waals surface area contributed by atoms with Crippen molar-refractivity contribution in [3.8, 4) is 22.8 Å². The van der Waals surface area contributed by atoms with Crippen molar-refractivity contribution in [2.75, 3.05) is 37.9 Å². The standard InChI is InChI=1S/C21H23ClFN5O3/c1-27(2)8-9-31-19-7-5-14(11-15(19)20-16(22)12-24-28(20)3)25-21(30)26-17-6-4-13(23)10-18(17)29/h4-7,10-12,29H,8-9H2,1-3H3,(H2,25,26,30). The Labute approximate surface area is 184 Å². The van der Waals surface area contributed by atoms with Crippen LogP contribution in [0, 0.1) is 5.82 Å². The molecule has 0 unspecified atom stereocenters. The number of hydrogen-bond acceptors (Lipinski definition) is 5. The molecule has 8 nitrogen and oxygen atoms in total. The molecule has 0 aliphatic heterocycles. The van der Waals surface area contributed by atoms with Gasteiger partial charge in [0.25, 0.3) is 0 Å². The third kappa shape index (κ3) is 5.65. The molecule has 0 saturated carbocycles. The van der Waals surface area contributed by atoms with Crippen LogP contribution < -0.4 is 15.4 Å². The maximum absolute atomic E-state index is 13.1. The zero-order valence-corrected chi connectivity index (χ0v) is 18.1. The summed E-state index contributed by atoms with van der Waals surface area (Å²) in [4.78, 5) is 14.4. The number of nitrogens with zero attached hydrogens (tertiary/aromatic N) is 3. The Morgan fingerprint density at radius 3 is 2.68 bits per heavy atom.